The summed E-state index contributed by atoms with van der Waals surface area (Å²) in [6.45, 7) is 4.29. The van der Waals surface area contributed by atoms with Crippen LogP contribution in [-0.4, -0.2) is 66.2 Å². The molecule has 0 spiro atoms. The van der Waals surface area contributed by atoms with Crippen molar-refractivity contribution < 1.29 is 47.6 Å². The first-order chi connectivity index (χ1) is 14.2. The SMILES string of the molecule is CC(=O)OC[C@@H]1O[C@@H](Oc2ccccn2)[C@@H](OC(C)=O)[C@H](OC(C)=O)[C@H]1OC(C)=O. The number of nitrogens with zero attached hydrogens (tertiary/aromatic N) is 1. The van der Waals surface area contributed by atoms with Crippen LogP contribution in [0.5, 0.6) is 5.88 Å². The van der Waals surface area contributed by atoms with E-state index in [9.17, 15) is 19.2 Å². The van der Waals surface area contributed by atoms with Gasteiger partial charge in [0.05, 0.1) is 0 Å². The highest BCUT2D eigenvalue weighted by molar-refractivity contribution is 5.68. The summed E-state index contributed by atoms with van der Waals surface area (Å²) >= 11 is 0. The maximum atomic E-state index is 11.7. The molecular weight excluding hydrogens is 402 g/mol. The van der Waals surface area contributed by atoms with E-state index < -0.39 is 54.6 Å². The number of carbonyl (C=O) groups is 4. The molecule has 5 atom stereocenters. The molecule has 2 heterocycles. The Morgan fingerprint density at radius 1 is 0.867 bits per heavy atom. The molecule has 0 bridgehead atoms. The molecule has 164 valence electrons. The molecule has 0 radical (unpaired) electrons. The lowest BCUT2D eigenvalue weighted by atomic mass is 9.98. The second-order valence-corrected chi connectivity index (χ2v) is 6.35. The van der Waals surface area contributed by atoms with Crippen LogP contribution in [0.2, 0.25) is 0 Å². The third kappa shape index (κ3) is 6.69. The van der Waals surface area contributed by atoms with Gasteiger partial charge in [0.2, 0.25) is 18.3 Å². The van der Waals surface area contributed by atoms with E-state index in [0.717, 1.165) is 20.8 Å². The van der Waals surface area contributed by atoms with Crippen molar-refractivity contribution in [2.75, 3.05) is 6.61 Å². The van der Waals surface area contributed by atoms with Crippen LogP contribution < -0.4 is 4.74 Å². The number of ether oxygens (including phenoxy) is 6. The molecule has 1 aromatic heterocycles. The van der Waals surface area contributed by atoms with Gasteiger partial charge in [-0.1, -0.05) is 6.07 Å². The number of esters is 4. The average molecular weight is 425 g/mol. The summed E-state index contributed by atoms with van der Waals surface area (Å²) in [4.78, 5) is 50.4. The second-order valence-electron chi connectivity index (χ2n) is 6.35. The van der Waals surface area contributed by atoms with Crippen LogP contribution in [0.1, 0.15) is 27.7 Å². The molecule has 1 aromatic rings. The average Bonchev–Trinajstić information content (AvgIpc) is 2.64. The van der Waals surface area contributed by atoms with Crippen LogP contribution >= 0.6 is 0 Å². The first-order valence-corrected chi connectivity index (χ1v) is 9.05. The molecule has 2 rings (SSSR count). The Hall–Kier alpha value is -3.21. The number of aromatic nitrogens is 1. The van der Waals surface area contributed by atoms with Crippen molar-refractivity contribution in [3.63, 3.8) is 0 Å². The van der Waals surface area contributed by atoms with Gasteiger partial charge in [-0.2, -0.15) is 0 Å². The largest absolute Gasteiger partial charge is 0.463 e. The molecule has 1 saturated heterocycles. The van der Waals surface area contributed by atoms with Crippen LogP contribution in [0.4, 0.5) is 0 Å². The van der Waals surface area contributed by atoms with Gasteiger partial charge in [0.15, 0.2) is 12.2 Å². The molecule has 0 amide bonds. The molecule has 1 fully saturated rings. The van der Waals surface area contributed by atoms with Crippen LogP contribution in [0, 0.1) is 0 Å². The van der Waals surface area contributed by atoms with E-state index in [1.165, 1.54) is 19.2 Å². The Bertz CT molecular complexity index is 768. The van der Waals surface area contributed by atoms with Gasteiger partial charge in [0.1, 0.15) is 12.7 Å². The van der Waals surface area contributed by atoms with Crippen LogP contribution in [0.15, 0.2) is 24.4 Å². The lowest BCUT2D eigenvalue weighted by molar-refractivity contribution is -0.289. The fourth-order valence-electron chi connectivity index (χ4n) is 2.82. The Balaban J connectivity index is 2.42. The summed E-state index contributed by atoms with van der Waals surface area (Å²) < 4.78 is 32.3. The van der Waals surface area contributed by atoms with Gasteiger partial charge in [-0.3, -0.25) is 19.2 Å². The Morgan fingerprint density at radius 2 is 1.47 bits per heavy atom. The quantitative estimate of drug-likeness (QED) is 0.447. The van der Waals surface area contributed by atoms with E-state index in [-0.39, 0.29) is 12.5 Å². The first kappa shape index (κ1) is 23.1. The molecule has 0 aliphatic carbocycles. The summed E-state index contributed by atoms with van der Waals surface area (Å²) in [7, 11) is 0. The molecule has 1 aliphatic rings. The van der Waals surface area contributed by atoms with Gasteiger partial charge in [0, 0.05) is 40.0 Å². The fraction of sp³-hybridized carbons (Fsp3) is 0.526. The third-order valence-electron chi connectivity index (χ3n) is 3.82. The predicted octanol–water partition coefficient (Wildman–Crippen LogP) is 0.543. The highest BCUT2D eigenvalue weighted by atomic mass is 16.7. The van der Waals surface area contributed by atoms with Crippen molar-refractivity contribution in [2.45, 2.75) is 58.4 Å². The van der Waals surface area contributed by atoms with Gasteiger partial charge in [0.25, 0.3) is 0 Å². The van der Waals surface area contributed by atoms with Crippen molar-refractivity contribution in [1.29, 1.82) is 0 Å². The van der Waals surface area contributed by atoms with Crippen LogP contribution in [0.3, 0.4) is 0 Å². The standard InChI is InChI=1S/C19H23NO10/c1-10(21)25-9-14-16(26-11(2)22)17(27-12(3)23)18(28-13(4)24)19(29-14)30-15-7-5-6-8-20-15/h5-8,14,16-19H,9H2,1-4H3/t14-,16-,17+,18-,19-/m0/s1. The highest BCUT2D eigenvalue weighted by Crippen LogP contribution is 2.30. The maximum Gasteiger partial charge on any atom is 0.303 e. The summed E-state index contributed by atoms with van der Waals surface area (Å²) in [5.74, 6) is -2.61. The lowest BCUT2D eigenvalue weighted by Gasteiger charge is -2.43. The summed E-state index contributed by atoms with van der Waals surface area (Å²) in [6, 6.07) is 4.86. The summed E-state index contributed by atoms with van der Waals surface area (Å²) in [6.07, 6.45) is -4.74. The zero-order chi connectivity index (χ0) is 22.3. The van der Waals surface area contributed by atoms with Gasteiger partial charge in [-0.25, -0.2) is 4.98 Å². The van der Waals surface area contributed by atoms with E-state index in [2.05, 4.69) is 4.98 Å². The van der Waals surface area contributed by atoms with Crippen LogP contribution in [-0.2, 0) is 42.9 Å². The molecule has 0 N–H and O–H groups in total. The molecular formula is C19H23NO10. The second kappa shape index (κ2) is 10.5. The summed E-state index contributed by atoms with van der Waals surface area (Å²) in [5.41, 5.74) is 0. The van der Waals surface area contributed by atoms with E-state index >= 15 is 0 Å². The molecule has 0 aromatic carbocycles. The fourth-order valence-corrected chi connectivity index (χ4v) is 2.82. The zero-order valence-corrected chi connectivity index (χ0v) is 16.9. The monoisotopic (exact) mass is 425 g/mol. The highest BCUT2D eigenvalue weighted by Gasteiger charge is 2.53. The predicted molar refractivity (Wildman–Crippen MR) is 96.8 cm³/mol. The van der Waals surface area contributed by atoms with Gasteiger partial charge >= 0.3 is 23.9 Å². The normalized spacial score (nSPS) is 25.5. The Kier molecular flexibility index (Phi) is 8.10. The van der Waals surface area contributed by atoms with E-state index in [4.69, 9.17) is 28.4 Å². The molecule has 11 nitrogen and oxygen atoms in total. The minimum Gasteiger partial charge on any atom is -0.463 e. The van der Waals surface area contributed by atoms with Gasteiger partial charge in [-0.15, -0.1) is 0 Å². The first-order valence-electron chi connectivity index (χ1n) is 9.05. The number of hydrogen-bond donors (Lipinski definition) is 0. The Morgan fingerprint density at radius 3 is 2.00 bits per heavy atom. The smallest absolute Gasteiger partial charge is 0.303 e. The zero-order valence-electron chi connectivity index (χ0n) is 16.9. The van der Waals surface area contributed by atoms with Gasteiger partial charge < -0.3 is 28.4 Å². The molecule has 11 heteroatoms. The molecule has 0 unspecified atom stereocenters. The van der Waals surface area contributed by atoms with Crippen molar-refractivity contribution in [2.24, 2.45) is 0 Å². The molecule has 0 saturated carbocycles. The topological polar surface area (TPSA) is 137 Å². The van der Waals surface area contributed by atoms with Crippen molar-refractivity contribution in [3.8, 4) is 5.88 Å². The molecule has 1 aliphatic heterocycles. The lowest BCUT2D eigenvalue weighted by Crippen LogP contribution is -2.63. The van der Waals surface area contributed by atoms with Crippen molar-refractivity contribution >= 4 is 23.9 Å². The minimum atomic E-state index is -1.31. The number of hydrogen-bond acceptors (Lipinski definition) is 11. The summed E-state index contributed by atoms with van der Waals surface area (Å²) in [5, 5.41) is 0. The minimum absolute atomic E-state index is 0.137. The van der Waals surface area contributed by atoms with E-state index in [0.29, 0.717) is 0 Å². The number of carbonyl (C=O) groups excluding carboxylic acids is 4. The van der Waals surface area contributed by atoms with Gasteiger partial charge in [-0.05, 0) is 6.07 Å². The number of pyridine rings is 1. The van der Waals surface area contributed by atoms with Crippen LogP contribution in [0.25, 0.3) is 0 Å². The number of rotatable bonds is 7. The van der Waals surface area contributed by atoms with E-state index in [1.807, 2.05) is 0 Å². The van der Waals surface area contributed by atoms with Crippen molar-refractivity contribution in [1.82, 2.24) is 4.98 Å². The molecule has 30 heavy (non-hydrogen) atoms. The van der Waals surface area contributed by atoms with Crippen molar-refractivity contribution in [3.05, 3.63) is 24.4 Å². The van der Waals surface area contributed by atoms with E-state index in [1.54, 1.807) is 12.1 Å². The third-order valence-corrected chi connectivity index (χ3v) is 3.82. The Labute approximate surface area is 172 Å². The maximum absolute atomic E-state index is 11.7.